The van der Waals surface area contributed by atoms with E-state index in [4.69, 9.17) is 0 Å². The summed E-state index contributed by atoms with van der Waals surface area (Å²) in [6.07, 6.45) is 0.942. The third kappa shape index (κ3) is 1.65. The number of benzene rings is 1. The van der Waals surface area contributed by atoms with Crippen molar-refractivity contribution in [3.05, 3.63) is 28.3 Å². The third-order valence-corrected chi connectivity index (χ3v) is 2.73. The lowest BCUT2D eigenvalue weighted by Crippen LogP contribution is -2.12. The first-order valence-corrected chi connectivity index (χ1v) is 4.72. The summed E-state index contributed by atoms with van der Waals surface area (Å²) in [5.41, 5.74) is 5.33. The zero-order chi connectivity index (χ0) is 10.9. The molecule has 0 aliphatic carbocycles. The molecule has 0 aromatic heterocycles. The van der Waals surface area contributed by atoms with Crippen LogP contribution < -0.4 is 4.90 Å². The molecule has 0 fully saturated rings. The molecule has 0 aliphatic heterocycles. The second kappa shape index (κ2) is 3.82. The average Bonchev–Trinajstić information content (AvgIpc) is 2.12. The summed E-state index contributed by atoms with van der Waals surface area (Å²) >= 11 is 0. The molecule has 14 heavy (non-hydrogen) atoms. The number of hydrogen-bond donors (Lipinski definition) is 0. The second-order valence-corrected chi connectivity index (χ2v) is 3.89. The highest BCUT2D eigenvalue weighted by Gasteiger charge is 2.10. The maximum atomic E-state index is 10.9. The maximum Gasteiger partial charge on any atom is 0.150 e. The van der Waals surface area contributed by atoms with Gasteiger partial charge in [-0.3, -0.25) is 4.79 Å². The van der Waals surface area contributed by atoms with Gasteiger partial charge in [-0.2, -0.15) is 0 Å². The molecule has 0 atom stereocenters. The largest absolute Gasteiger partial charge is 0.377 e. The van der Waals surface area contributed by atoms with Gasteiger partial charge in [-0.25, -0.2) is 0 Å². The summed E-state index contributed by atoms with van der Waals surface area (Å²) in [4.78, 5) is 12.9. The van der Waals surface area contributed by atoms with E-state index in [0.717, 1.165) is 23.0 Å². The molecule has 0 bridgehead atoms. The molecule has 0 N–H and O–H groups in total. The summed E-state index contributed by atoms with van der Waals surface area (Å²) < 4.78 is 0. The molecular weight excluding hydrogens is 174 g/mol. The first-order valence-electron chi connectivity index (χ1n) is 4.72. The van der Waals surface area contributed by atoms with Gasteiger partial charge in [0.25, 0.3) is 0 Å². The van der Waals surface area contributed by atoms with Crippen molar-refractivity contribution >= 4 is 12.0 Å². The standard InChI is InChI=1S/C12H17NO/c1-8-6-12(13(4)5)10(3)9(2)11(8)7-14/h6-7H,1-5H3. The molecule has 0 amide bonds. The number of aldehydes is 1. The summed E-state index contributed by atoms with van der Waals surface area (Å²) in [5, 5.41) is 0. The molecular formula is C12H17NO. The van der Waals surface area contributed by atoms with Crippen LogP contribution in [0.1, 0.15) is 27.0 Å². The molecule has 0 radical (unpaired) electrons. The van der Waals surface area contributed by atoms with E-state index < -0.39 is 0 Å². The fourth-order valence-electron chi connectivity index (χ4n) is 1.73. The molecule has 0 aliphatic rings. The zero-order valence-electron chi connectivity index (χ0n) is 9.51. The number of carbonyl (C=O) groups is 1. The SMILES string of the molecule is Cc1cc(N(C)C)c(C)c(C)c1C=O. The fourth-order valence-corrected chi connectivity index (χ4v) is 1.73. The Labute approximate surface area is 85.5 Å². The molecule has 2 nitrogen and oxygen atoms in total. The highest BCUT2D eigenvalue weighted by Crippen LogP contribution is 2.26. The Morgan fingerprint density at radius 1 is 1.14 bits per heavy atom. The van der Waals surface area contributed by atoms with Crippen LogP contribution in [0.15, 0.2) is 6.07 Å². The van der Waals surface area contributed by atoms with Crippen molar-refractivity contribution in [2.75, 3.05) is 19.0 Å². The van der Waals surface area contributed by atoms with E-state index in [1.54, 1.807) is 0 Å². The van der Waals surface area contributed by atoms with Gasteiger partial charge in [0.1, 0.15) is 0 Å². The van der Waals surface area contributed by atoms with Gasteiger partial charge in [-0.15, -0.1) is 0 Å². The number of carbonyl (C=O) groups excluding carboxylic acids is 1. The molecule has 1 aromatic rings. The van der Waals surface area contributed by atoms with Crippen LogP contribution in [0.5, 0.6) is 0 Å². The van der Waals surface area contributed by atoms with Gasteiger partial charge in [0.2, 0.25) is 0 Å². The first kappa shape index (κ1) is 10.8. The topological polar surface area (TPSA) is 20.3 Å². The second-order valence-electron chi connectivity index (χ2n) is 3.89. The highest BCUT2D eigenvalue weighted by atomic mass is 16.1. The monoisotopic (exact) mass is 191 g/mol. The van der Waals surface area contributed by atoms with Crippen molar-refractivity contribution in [2.24, 2.45) is 0 Å². The Morgan fingerprint density at radius 2 is 1.71 bits per heavy atom. The summed E-state index contributed by atoms with van der Waals surface area (Å²) in [6, 6.07) is 2.06. The number of anilines is 1. The van der Waals surface area contributed by atoms with Crippen LogP contribution in [0.25, 0.3) is 0 Å². The predicted molar refractivity (Wildman–Crippen MR) is 60.4 cm³/mol. The van der Waals surface area contributed by atoms with Crippen molar-refractivity contribution < 1.29 is 4.79 Å². The Bertz CT molecular complexity index is 367. The zero-order valence-corrected chi connectivity index (χ0v) is 9.51. The van der Waals surface area contributed by atoms with Crippen molar-refractivity contribution in [1.29, 1.82) is 0 Å². The number of hydrogen-bond acceptors (Lipinski definition) is 2. The Hall–Kier alpha value is -1.31. The quantitative estimate of drug-likeness (QED) is 0.669. The van der Waals surface area contributed by atoms with Crippen LogP contribution in [0.3, 0.4) is 0 Å². The molecule has 0 saturated carbocycles. The third-order valence-electron chi connectivity index (χ3n) is 2.73. The van der Waals surface area contributed by atoms with Crippen LogP contribution in [0.2, 0.25) is 0 Å². The van der Waals surface area contributed by atoms with Gasteiger partial charge in [-0.1, -0.05) is 0 Å². The van der Waals surface area contributed by atoms with Gasteiger partial charge in [-0.05, 0) is 43.5 Å². The van der Waals surface area contributed by atoms with Crippen molar-refractivity contribution in [2.45, 2.75) is 20.8 Å². The molecule has 76 valence electrons. The molecule has 2 heteroatoms. The van der Waals surface area contributed by atoms with E-state index in [2.05, 4.69) is 17.9 Å². The highest BCUT2D eigenvalue weighted by molar-refractivity contribution is 5.82. The van der Waals surface area contributed by atoms with Crippen LogP contribution in [-0.2, 0) is 0 Å². The van der Waals surface area contributed by atoms with Crippen LogP contribution in [-0.4, -0.2) is 20.4 Å². The van der Waals surface area contributed by atoms with Gasteiger partial charge in [0.05, 0.1) is 0 Å². The molecule has 0 heterocycles. The summed E-state index contributed by atoms with van der Waals surface area (Å²) in [6.45, 7) is 6.03. The number of aryl methyl sites for hydroxylation is 1. The summed E-state index contributed by atoms with van der Waals surface area (Å²) in [7, 11) is 4.03. The van der Waals surface area contributed by atoms with Gasteiger partial charge >= 0.3 is 0 Å². The Morgan fingerprint density at radius 3 is 2.14 bits per heavy atom. The Balaban J connectivity index is 3.47. The number of nitrogens with zero attached hydrogens (tertiary/aromatic N) is 1. The molecule has 0 saturated heterocycles. The lowest BCUT2D eigenvalue weighted by atomic mass is 9.97. The van der Waals surface area contributed by atoms with E-state index in [1.165, 1.54) is 11.3 Å². The van der Waals surface area contributed by atoms with Crippen LogP contribution >= 0.6 is 0 Å². The van der Waals surface area contributed by atoms with E-state index in [1.807, 2.05) is 27.9 Å². The first-order chi connectivity index (χ1) is 6.49. The normalized spacial score (nSPS) is 10.1. The average molecular weight is 191 g/mol. The van der Waals surface area contributed by atoms with Gasteiger partial charge < -0.3 is 4.90 Å². The van der Waals surface area contributed by atoms with Crippen molar-refractivity contribution in [3.8, 4) is 0 Å². The van der Waals surface area contributed by atoms with Gasteiger partial charge in [0.15, 0.2) is 6.29 Å². The van der Waals surface area contributed by atoms with E-state index in [9.17, 15) is 4.79 Å². The van der Waals surface area contributed by atoms with E-state index >= 15 is 0 Å². The predicted octanol–water partition coefficient (Wildman–Crippen LogP) is 2.49. The fraction of sp³-hybridized carbons (Fsp3) is 0.417. The van der Waals surface area contributed by atoms with Gasteiger partial charge in [0, 0.05) is 25.3 Å². The smallest absolute Gasteiger partial charge is 0.150 e. The molecule has 0 unspecified atom stereocenters. The van der Waals surface area contributed by atoms with E-state index in [0.29, 0.717) is 0 Å². The number of rotatable bonds is 2. The summed E-state index contributed by atoms with van der Waals surface area (Å²) in [5.74, 6) is 0. The lowest BCUT2D eigenvalue weighted by molar-refractivity contribution is 0.112. The van der Waals surface area contributed by atoms with Crippen LogP contribution in [0.4, 0.5) is 5.69 Å². The molecule has 0 spiro atoms. The van der Waals surface area contributed by atoms with Crippen molar-refractivity contribution in [3.63, 3.8) is 0 Å². The molecule has 1 aromatic carbocycles. The Kier molecular flexibility index (Phi) is 2.94. The maximum absolute atomic E-state index is 10.9. The lowest BCUT2D eigenvalue weighted by Gasteiger charge is -2.19. The molecule has 1 rings (SSSR count). The van der Waals surface area contributed by atoms with Crippen LogP contribution in [0, 0.1) is 20.8 Å². The van der Waals surface area contributed by atoms with Crippen molar-refractivity contribution in [1.82, 2.24) is 0 Å². The minimum Gasteiger partial charge on any atom is -0.377 e. The minimum absolute atomic E-state index is 0.827. The van der Waals surface area contributed by atoms with E-state index in [-0.39, 0.29) is 0 Å². The minimum atomic E-state index is 0.827.